The van der Waals surface area contributed by atoms with Crippen LogP contribution in [0, 0.1) is 0 Å². The Balaban J connectivity index is 1.63. The molecular formula is C36H41ClN4O6. The molecule has 47 heavy (non-hydrogen) atoms. The maximum absolute atomic E-state index is 13.8. The maximum atomic E-state index is 13.8. The molecule has 0 unspecified atom stereocenters. The van der Waals surface area contributed by atoms with Crippen molar-refractivity contribution in [3.05, 3.63) is 107 Å². The number of cyclic esters (lactones) is 1. The van der Waals surface area contributed by atoms with E-state index in [1.807, 2.05) is 24.3 Å². The molecule has 1 aliphatic heterocycles. The van der Waals surface area contributed by atoms with Crippen LogP contribution in [0.3, 0.4) is 0 Å². The van der Waals surface area contributed by atoms with Crippen LogP contribution < -0.4 is 19.7 Å². The Hall–Kier alpha value is -4.83. The van der Waals surface area contributed by atoms with Crippen LogP contribution in [0.5, 0.6) is 11.5 Å². The van der Waals surface area contributed by atoms with E-state index >= 15 is 0 Å². The number of halogens is 1. The molecule has 1 aromatic heterocycles. The van der Waals surface area contributed by atoms with E-state index in [2.05, 4.69) is 49.4 Å². The summed E-state index contributed by atoms with van der Waals surface area (Å²) in [6.45, 7) is 14.1. The van der Waals surface area contributed by atoms with Crippen molar-refractivity contribution < 1.29 is 28.6 Å². The number of ether oxygens (including phenoxy) is 3. The SMILES string of the molecule is C=CCOc1cc(C[C@H](NC(=O)c2cc(Cl)nc(N(CC=C)C(C)=O)c2)[C@H]2CN(Cc3cccc(C(C)C)c3)C(=O)O2)ccc1OC. The summed E-state index contributed by atoms with van der Waals surface area (Å²) >= 11 is 6.31. The Labute approximate surface area is 281 Å². The van der Waals surface area contributed by atoms with Gasteiger partial charge in [-0.05, 0) is 53.3 Å². The number of nitrogens with one attached hydrogen (secondary N) is 1. The van der Waals surface area contributed by atoms with Crippen molar-refractivity contribution in [2.24, 2.45) is 0 Å². The summed E-state index contributed by atoms with van der Waals surface area (Å²) in [4.78, 5) is 46.5. The Bertz CT molecular complexity index is 1630. The van der Waals surface area contributed by atoms with Crippen molar-refractivity contribution in [3.8, 4) is 11.5 Å². The van der Waals surface area contributed by atoms with Crippen molar-refractivity contribution in [2.75, 3.05) is 31.7 Å². The van der Waals surface area contributed by atoms with E-state index in [4.69, 9.17) is 25.8 Å². The van der Waals surface area contributed by atoms with E-state index in [1.54, 1.807) is 30.2 Å². The molecular weight excluding hydrogens is 620 g/mol. The lowest BCUT2D eigenvalue weighted by Crippen LogP contribution is -2.46. The van der Waals surface area contributed by atoms with E-state index in [0.29, 0.717) is 30.4 Å². The van der Waals surface area contributed by atoms with E-state index in [0.717, 1.165) is 11.1 Å². The summed E-state index contributed by atoms with van der Waals surface area (Å²) < 4.78 is 17.1. The number of carbonyl (C=O) groups is 3. The molecule has 2 heterocycles. The van der Waals surface area contributed by atoms with Crippen LogP contribution >= 0.6 is 11.6 Å². The maximum Gasteiger partial charge on any atom is 0.410 e. The number of carbonyl (C=O) groups excluding carboxylic acids is 3. The molecule has 3 aromatic rings. The zero-order chi connectivity index (χ0) is 34.1. The molecule has 2 atom stereocenters. The minimum atomic E-state index is -0.675. The van der Waals surface area contributed by atoms with E-state index in [9.17, 15) is 14.4 Å². The first-order chi connectivity index (χ1) is 22.5. The van der Waals surface area contributed by atoms with Gasteiger partial charge in [-0.2, -0.15) is 0 Å². The highest BCUT2D eigenvalue weighted by atomic mass is 35.5. The lowest BCUT2D eigenvalue weighted by atomic mass is 9.99. The van der Waals surface area contributed by atoms with Gasteiger partial charge in [-0.1, -0.05) is 74.5 Å². The first-order valence-corrected chi connectivity index (χ1v) is 15.7. The lowest BCUT2D eigenvalue weighted by Gasteiger charge is -2.25. The van der Waals surface area contributed by atoms with Crippen molar-refractivity contribution in [2.45, 2.75) is 51.8 Å². The summed E-state index contributed by atoms with van der Waals surface area (Å²) in [6, 6.07) is 15.9. The van der Waals surface area contributed by atoms with Gasteiger partial charge in [-0.15, -0.1) is 6.58 Å². The van der Waals surface area contributed by atoms with Gasteiger partial charge < -0.3 is 24.4 Å². The largest absolute Gasteiger partial charge is 0.493 e. The van der Waals surface area contributed by atoms with Gasteiger partial charge >= 0.3 is 6.09 Å². The molecule has 1 N–H and O–H groups in total. The average molecular weight is 661 g/mol. The van der Waals surface area contributed by atoms with E-state index < -0.39 is 24.1 Å². The van der Waals surface area contributed by atoms with E-state index in [-0.39, 0.29) is 42.1 Å². The van der Waals surface area contributed by atoms with Gasteiger partial charge in [0.05, 0.1) is 19.7 Å². The van der Waals surface area contributed by atoms with Gasteiger partial charge in [0.1, 0.15) is 23.7 Å². The number of methoxy groups -OCH3 is 1. The van der Waals surface area contributed by atoms with Crippen LogP contribution in [0.1, 0.15) is 53.7 Å². The van der Waals surface area contributed by atoms with Crippen LogP contribution in [0.25, 0.3) is 0 Å². The standard InChI is InChI=1S/C36H41ClN4O6/c1-7-14-41(24(5)42)34-20-28(19-33(37)39-34)35(43)38-29(17-25-12-13-30(45-6)31(18-25)46-15-8-2)32-22-40(36(44)47-32)21-26-10-9-11-27(16-26)23(3)4/h7-13,16,18-20,23,29,32H,1-2,14-15,17,21-22H2,3-6H3,(H,38,43)/t29-,32+/m0/s1. The van der Waals surface area contributed by atoms with Gasteiger partial charge in [0.25, 0.3) is 5.91 Å². The smallest absolute Gasteiger partial charge is 0.410 e. The lowest BCUT2D eigenvalue weighted by molar-refractivity contribution is -0.116. The molecule has 0 saturated carbocycles. The Kier molecular flexibility index (Phi) is 12.0. The Morgan fingerprint density at radius 1 is 1.13 bits per heavy atom. The predicted molar refractivity (Wildman–Crippen MR) is 182 cm³/mol. The topological polar surface area (TPSA) is 110 Å². The van der Waals surface area contributed by atoms with E-state index in [1.165, 1.54) is 29.5 Å². The molecule has 1 fully saturated rings. The molecule has 11 heteroatoms. The normalized spacial score (nSPS) is 14.7. The molecule has 248 valence electrons. The number of hydrogen-bond acceptors (Lipinski definition) is 7. The van der Waals surface area contributed by atoms with Crippen molar-refractivity contribution >= 4 is 35.3 Å². The second kappa shape index (κ2) is 16.1. The first kappa shape index (κ1) is 35.0. The Morgan fingerprint density at radius 3 is 2.60 bits per heavy atom. The zero-order valence-electron chi connectivity index (χ0n) is 27.2. The number of aromatic nitrogens is 1. The average Bonchev–Trinajstić information content (AvgIpc) is 3.41. The molecule has 4 rings (SSSR count). The second-order valence-corrected chi connectivity index (χ2v) is 11.9. The fourth-order valence-corrected chi connectivity index (χ4v) is 5.50. The van der Waals surface area contributed by atoms with Gasteiger partial charge in [-0.25, -0.2) is 9.78 Å². The van der Waals surface area contributed by atoms with Crippen molar-refractivity contribution in [1.29, 1.82) is 0 Å². The molecule has 1 aliphatic rings. The zero-order valence-corrected chi connectivity index (χ0v) is 28.0. The number of nitrogens with zero attached hydrogens (tertiary/aromatic N) is 3. The third-order valence-electron chi connectivity index (χ3n) is 7.72. The molecule has 2 aromatic carbocycles. The number of hydrogen-bond donors (Lipinski definition) is 1. The number of anilines is 1. The summed E-state index contributed by atoms with van der Waals surface area (Å²) in [6.07, 6.45) is 2.35. The minimum absolute atomic E-state index is 0.0424. The molecule has 0 spiro atoms. The fraction of sp³-hybridized carbons (Fsp3) is 0.333. The minimum Gasteiger partial charge on any atom is -0.493 e. The first-order valence-electron chi connectivity index (χ1n) is 15.3. The van der Waals surface area contributed by atoms with Crippen LogP contribution in [-0.2, 0) is 22.5 Å². The van der Waals surface area contributed by atoms with Crippen LogP contribution in [-0.4, -0.2) is 66.7 Å². The van der Waals surface area contributed by atoms with Gasteiger partial charge in [0.2, 0.25) is 5.91 Å². The Morgan fingerprint density at radius 2 is 1.91 bits per heavy atom. The summed E-state index contributed by atoms with van der Waals surface area (Å²) in [5, 5.41) is 3.10. The van der Waals surface area contributed by atoms with Crippen molar-refractivity contribution in [1.82, 2.24) is 15.2 Å². The van der Waals surface area contributed by atoms with Crippen LogP contribution in [0.4, 0.5) is 10.6 Å². The molecule has 0 aliphatic carbocycles. The molecule has 0 radical (unpaired) electrons. The summed E-state index contributed by atoms with van der Waals surface area (Å²) in [7, 11) is 1.55. The van der Waals surface area contributed by atoms with Gasteiger partial charge in [-0.3, -0.25) is 14.5 Å². The van der Waals surface area contributed by atoms with Crippen LogP contribution in [0.2, 0.25) is 5.15 Å². The molecule has 0 bridgehead atoms. The second-order valence-electron chi connectivity index (χ2n) is 11.5. The fourth-order valence-electron chi connectivity index (χ4n) is 5.30. The highest BCUT2D eigenvalue weighted by Gasteiger charge is 2.38. The number of rotatable bonds is 15. The third-order valence-corrected chi connectivity index (χ3v) is 7.91. The number of amides is 3. The highest BCUT2D eigenvalue weighted by molar-refractivity contribution is 6.30. The quantitative estimate of drug-likeness (QED) is 0.150. The number of benzene rings is 2. The van der Waals surface area contributed by atoms with Gasteiger partial charge in [0, 0.05) is 25.6 Å². The highest BCUT2D eigenvalue weighted by Crippen LogP contribution is 2.30. The van der Waals surface area contributed by atoms with Crippen molar-refractivity contribution in [3.63, 3.8) is 0 Å². The monoisotopic (exact) mass is 660 g/mol. The predicted octanol–water partition coefficient (Wildman–Crippen LogP) is 6.33. The van der Waals surface area contributed by atoms with Crippen LogP contribution in [0.15, 0.2) is 79.9 Å². The summed E-state index contributed by atoms with van der Waals surface area (Å²) in [5.41, 5.74) is 3.17. The molecule has 3 amide bonds. The number of pyridine rings is 1. The van der Waals surface area contributed by atoms with Gasteiger partial charge in [0.15, 0.2) is 11.5 Å². The molecule has 1 saturated heterocycles. The third kappa shape index (κ3) is 9.13. The summed E-state index contributed by atoms with van der Waals surface area (Å²) in [5.74, 6) is 0.870. The molecule has 10 nitrogen and oxygen atoms in total.